The normalized spacial score (nSPS) is 20.6. The van der Waals surface area contributed by atoms with Crippen LogP contribution in [0.4, 0.5) is 0 Å². The molecule has 1 fully saturated rings. The molecule has 2 rings (SSSR count). The first-order valence-corrected chi connectivity index (χ1v) is 8.60. The second kappa shape index (κ2) is 6.13. The predicted octanol–water partition coefficient (Wildman–Crippen LogP) is 0.954. The molecule has 8 heteroatoms. The van der Waals surface area contributed by atoms with Crippen molar-refractivity contribution in [2.75, 3.05) is 12.3 Å². The lowest BCUT2D eigenvalue weighted by molar-refractivity contribution is -0.130. The second-order valence-corrected chi connectivity index (χ2v) is 7.56. The van der Waals surface area contributed by atoms with E-state index in [0.29, 0.717) is 12.2 Å². The number of hydrogen-bond acceptors (Lipinski definition) is 5. The number of benzene rings is 1. The zero-order valence-corrected chi connectivity index (χ0v) is 12.6. The smallest absolute Gasteiger partial charge is 0.272 e. The first-order valence-electron chi connectivity index (χ1n) is 6.11. The molecular weight excluding hydrogens is 300 g/mol. The first-order chi connectivity index (χ1) is 9.46. The zero-order chi connectivity index (χ0) is 14.8. The lowest BCUT2D eigenvalue weighted by atomic mass is 10.2. The molecule has 1 aliphatic rings. The molecule has 1 heterocycles. The summed E-state index contributed by atoms with van der Waals surface area (Å²) in [5.41, 5.74) is 2.49. The van der Waals surface area contributed by atoms with E-state index in [1.807, 2.05) is 6.92 Å². The monoisotopic (exact) mass is 316 g/mol. The number of hydrogen-bond donors (Lipinski definition) is 2. The summed E-state index contributed by atoms with van der Waals surface area (Å²) in [7, 11) is -3.74. The molecule has 1 atom stereocenters. The maximum absolute atomic E-state index is 12.6. The third kappa shape index (κ3) is 2.98. The van der Waals surface area contributed by atoms with Crippen molar-refractivity contribution in [1.29, 1.82) is 0 Å². The van der Waals surface area contributed by atoms with Gasteiger partial charge >= 0.3 is 0 Å². The molecule has 1 aliphatic heterocycles. The molecular formula is C12H16N2O4S2. The Morgan fingerprint density at radius 3 is 2.65 bits per heavy atom. The molecule has 0 aromatic heterocycles. The number of sulfonamides is 1. The number of carbonyl (C=O) groups excluding carboxylic acids is 1. The van der Waals surface area contributed by atoms with E-state index < -0.39 is 21.3 Å². The average molecular weight is 316 g/mol. The maximum Gasteiger partial charge on any atom is 0.272 e. The molecule has 0 saturated carbocycles. The van der Waals surface area contributed by atoms with Gasteiger partial charge in [-0.25, -0.2) is 13.9 Å². The Labute approximate surface area is 122 Å². The first kappa shape index (κ1) is 15.3. The quantitative estimate of drug-likeness (QED) is 0.640. The van der Waals surface area contributed by atoms with E-state index in [-0.39, 0.29) is 11.4 Å². The Morgan fingerprint density at radius 1 is 1.40 bits per heavy atom. The van der Waals surface area contributed by atoms with Crippen LogP contribution in [-0.4, -0.2) is 41.5 Å². The fourth-order valence-corrected chi connectivity index (χ4v) is 4.95. The van der Waals surface area contributed by atoms with Gasteiger partial charge in [-0.2, -0.15) is 4.31 Å². The summed E-state index contributed by atoms with van der Waals surface area (Å²) in [5.74, 6) is -0.0387. The molecule has 0 spiro atoms. The lowest BCUT2D eigenvalue weighted by Gasteiger charge is -2.32. The van der Waals surface area contributed by atoms with Crippen molar-refractivity contribution in [3.05, 3.63) is 29.8 Å². The summed E-state index contributed by atoms with van der Waals surface area (Å²) in [6.07, 6.45) is 0.672. The van der Waals surface area contributed by atoms with Gasteiger partial charge in [-0.05, 0) is 31.2 Å². The van der Waals surface area contributed by atoms with Gasteiger partial charge in [0.15, 0.2) is 5.37 Å². The Hall–Kier alpha value is -1.09. The van der Waals surface area contributed by atoms with Crippen LogP contribution in [0.5, 0.6) is 0 Å². The van der Waals surface area contributed by atoms with Crippen LogP contribution >= 0.6 is 11.8 Å². The van der Waals surface area contributed by atoms with Gasteiger partial charge in [0.1, 0.15) is 0 Å². The highest BCUT2D eigenvalue weighted by Crippen LogP contribution is 2.29. The molecule has 20 heavy (non-hydrogen) atoms. The van der Waals surface area contributed by atoms with E-state index in [4.69, 9.17) is 5.21 Å². The minimum absolute atomic E-state index is 0.154. The third-order valence-electron chi connectivity index (χ3n) is 3.02. The number of hydroxylamine groups is 1. The van der Waals surface area contributed by atoms with Crippen molar-refractivity contribution in [2.24, 2.45) is 0 Å². The van der Waals surface area contributed by atoms with Crippen LogP contribution in [0.1, 0.15) is 12.0 Å². The molecule has 0 aliphatic carbocycles. The lowest BCUT2D eigenvalue weighted by Crippen LogP contribution is -2.49. The molecule has 0 bridgehead atoms. The van der Waals surface area contributed by atoms with Crippen LogP contribution in [0.3, 0.4) is 0 Å². The highest BCUT2D eigenvalue weighted by Gasteiger charge is 2.38. The summed E-state index contributed by atoms with van der Waals surface area (Å²) >= 11 is 1.20. The van der Waals surface area contributed by atoms with E-state index in [2.05, 4.69) is 0 Å². The number of nitrogens with zero attached hydrogens (tertiary/aromatic N) is 1. The highest BCUT2D eigenvalue weighted by atomic mass is 32.2. The number of amides is 1. The van der Waals surface area contributed by atoms with E-state index in [1.54, 1.807) is 12.1 Å². The number of carbonyl (C=O) groups is 1. The van der Waals surface area contributed by atoms with Crippen molar-refractivity contribution >= 4 is 27.7 Å². The van der Waals surface area contributed by atoms with Crippen LogP contribution in [0.2, 0.25) is 0 Å². The molecule has 1 aromatic carbocycles. The fraction of sp³-hybridized carbons (Fsp3) is 0.417. The van der Waals surface area contributed by atoms with Gasteiger partial charge in [0.25, 0.3) is 5.91 Å². The summed E-state index contributed by atoms with van der Waals surface area (Å²) in [5, 5.41) is 7.81. The Balaban J connectivity index is 2.35. The van der Waals surface area contributed by atoms with Gasteiger partial charge in [-0.3, -0.25) is 10.0 Å². The zero-order valence-electron chi connectivity index (χ0n) is 10.9. The second-order valence-electron chi connectivity index (χ2n) is 4.48. The van der Waals surface area contributed by atoms with Gasteiger partial charge < -0.3 is 0 Å². The minimum atomic E-state index is -3.74. The number of nitrogens with one attached hydrogen (secondary N) is 1. The topological polar surface area (TPSA) is 86.7 Å². The Kier molecular flexibility index (Phi) is 4.69. The molecule has 110 valence electrons. The molecule has 1 saturated heterocycles. The highest BCUT2D eigenvalue weighted by molar-refractivity contribution is 8.01. The van der Waals surface area contributed by atoms with Gasteiger partial charge in [0.2, 0.25) is 10.0 Å². The average Bonchev–Trinajstić information content (AvgIpc) is 2.47. The van der Waals surface area contributed by atoms with Crippen molar-refractivity contribution in [3.63, 3.8) is 0 Å². The summed E-state index contributed by atoms with van der Waals surface area (Å²) in [6.45, 7) is 2.14. The molecule has 1 unspecified atom stereocenters. The summed E-state index contributed by atoms with van der Waals surface area (Å²) in [6, 6.07) is 6.48. The van der Waals surface area contributed by atoms with Crippen LogP contribution in [0.25, 0.3) is 0 Å². The maximum atomic E-state index is 12.6. The van der Waals surface area contributed by atoms with Gasteiger partial charge in [0.05, 0.1) is 4.90 Å². The van der Waals surface area contributed by atoms with Crippen LogP contribution < -0.4 is 5.48 Å². The number of rotatable bonds is 3. The van der Waals surface area contributed by atoms with Crippen molar-refractivity contribution in [1.82, 2.24) is 9.79 Å². The molecule has 0 radical (unpaired) electrons. The minimum Gasteiger partial charge on any atom is -0.289 e. The number of aryl methyl sites for hydroxylation is 1. The summed E-state index contributed by atoms with van der Waals surface area (Å²) < 4.78 is 26.3. The molecule has 6 nitrogen and oxygen atoms in total. The Bertz CT molecular complexity index is 586. The van der Waals surface area contributed by atoms with Crippen LogP contribution in [-0.2, 0) is 14.8 Å². The van der Waals surface area contributed by atoms with Gasteiger partial charge in [-0.15, -0.1) is 11.8 Å². The SMILES string of the molecule is Cc1ccc(S(=O)(=O)N2CCCSC2C(=O)NO)cc1. The number of thioether (sulfide) groups is 1. The van der Waals surface area contributed by atoms with Crippen LogP contribution in [0, 0.1) is 6.92 Å². The predicted molar refractivity (Wildman–Crippen MR) is 75.9 cm³/mol. The largest absolute Gasteiger partial charge is 0.289 e. The third-order valence-corrected chi connectivity index (χ3v) is 6.34. The standard InChI is InChI=1S/C12H16N2O4S2/c1-9-3-5-10(6-4-9)20(17,18)14-7-2-8-19-12(14)11(15)13-16/h3-6,12,16H,2,7-8H2,1H3,(H,13,15). The van der Waals surface area contributed by atoms with Crippen LogP contribution in [0.15, 0.2) is 29.2 Å². The van der Waals surface area contributed by atoms with Gasteiger partial charge in [0, 0.05) is 6.54 Å². The van der Waals surface area contributed by atoms with Crippen molar-refractivity contribution in [3.8, 4) is 0 Å². The molecule has 2 N–H and O–H groups in total. The van der Waals surface area contributed by atoms with E-state index >= 15 is 0 Å². The fourth-order valence-electron chi connectivity index (χ4n) is 1.97. The van der Waals surface area contributed by atoms with E-state index in [9.17, 15) is 13.2 Å². The van der Waals surface area contributed by atoms with Gasteiger partial charge in [-0.1, -0.05) is 17.7 Å². The van der Waals surface area contributed by atoms with E-state index in [1.165, 1.54) is 29.4 Å². The van der Waals surface area contributed by atoms with Crippen molar-refractivity contribution in [2.45, 2.75) is 23.6 Å². The van der Waals surface area contributed by atoms with E-state index in [0.717, 1.165) is 9.87 Å². The Morgan fingerprint density at radius 2 is 2.05 bits per heavy atom. The molecule has 1 aromatic rings. The molecule has 1 amide bonds. The summed E-state index contributed by atoms with van der Waals surface area (Å²) in [4.78, 5) is 11.8. The van der Waals surface area contributed by atoms with Crippen molar-refractivity contribution < 1.29 is 18.4 Å².